The van der Waals surface area contributed by atoms with E-state index in [1.165, 1.54) is 0 Å². The van der Waals surface area contributed by atoms with E-state index in [0.29, 0.717) is 18.6 Å². The van der Waals surface area contributed by atoms with E-state index in [1.54, 1.807) is 12.4 Å². The third-order valence-electron chi connectivity index (χ3n) is 2.86. The summed E-state index contributed by atoms with van der Waals surface area (Å²) in [6, 6.07) is 6.04. The highest BCUT2D eigenvalue weighted by atomic mass is 16.1. The zero-order valence-electron chi connectivity index (χ0n) is 8.71. The van der Waals surface area contributed by atoms with Gasteiger partial charge in [0.25, 0.3) is 0 Å². The molecule has 2 aromatic heterocycles. The first-order chi connectivity index (χ1) is 7.83. The lowest BCUT2D eigenvalue weighted by Crippen LogP contribution is -2.26. The van der Waals surface area contributed by atoms with E-state index >= 15 is 0 Å². The van der Waals surface area contributed by atoms with E-state index in [4.69, 9.17) is 0 Å². The Labute approximate surface area is 92.9 Å². The van der Waals surface area contributed by atoms with Crippen LogP contribution in [0.15, 0.2) is 36.8 Å². The number of carbonyl (C=O) groups excluding carboxylic acids is 1. The summed E-state index contributed by atoms with van der Waals surface area (Å²) in [6.45, 7) is 0. The number of rotatable bonds is 2. The molecular weight excluding hydrogens is 202 g/mol. The molecule has 0 atom stereocenters. The smallest absolute Gasteiger partial charge is 0.137 e. The van der Waals surface area contributed by atoms with Crippen molar-refractivity contribution in [1.29, 1.82) is 0 Å². The Kier molecular flexibility index (Phi) is 2.06. The zero-order chi connectivity index (χ0) is 11.0. The van der Waals surface area contributed by atoms with Crippen molar-refractivity contribution in [1.82, 2.24) is 14.8 Å². The molecule has 0 aromatic carbocycles. The number of ketones is 1. The number of pyridine rings is 1. The van der Waals surface area contributed by atoms with Gasteiger partial charge in [0.1, 0.15) is 5.78 Å². The van der Waals surface area contributed by atoms with Gasteiger partial charge < -0.3 is 0 Å². The summed E-state index contributed by atoms with van der Waals surface area (Å²) in [5.74, 6) is 0.319. The first kappa shape index (κ1) is 9.27. The monoisotopic (exact) mass is 213 g/mol. The maximum Gasteiger partial charge on any atom is 0.137 e. The highest BCUT2D eigenvalue weighted by Crippen LogP contribution is 2.28. The number of hydrogen-bond acceptors (Lipinski definition) is 3. The van der Waals surface area contributed by atoms with Gasteiger partial charge in [0, 0.05) is 30.8 Å². The fraction of sp³-hybridized carbons (Fsp3) is 0.250. The molecule has 0 spiro atoms. The summed E-state index contributed by atoms with van der Waals surface area (Å²) in [5, 5.41) is 4.27. The molecule has 0 saturated heterocycles. The number of hydrogen-bond donors (Lipinski definition) is 0. The summed E-state index contributed by atoms with van der Waals surface area (Å²) in [7, 11) is 0. The highest BCUT2D eigenvalue weighted by Gasteiger charge is 2.28. The minimum Gasteiger partial charge on any atom is -0.300 e. The standard InChI is InChI=1S/C12H11N3O/c16-11-5-10(6-11)15-8-9(7-14-15)12-3-1-2-4-13-12/h1-4,7-8,10H,5-6H2. The van der Waals surface area contributed by atoms with Crippen LogP contribution in [0.2, 0.25) is 0 Å². The summed E-state index contributed by atoms with van der Waals surface area (Å²) in [5.41, 5.74) is 1.92. The molecular formula is C12H11N3O. The van der Waals surface area contributed by atoms with Gasteiger partial charge in [-0.3, -0.25) is 14.5 Å². The number of Topliss-reactive ketones (excluding diaryl/α,β-unsaturated/α-hetero) is 1. The van der Waals surface area contributed by atoms with Gasteiger partial charge in [-0.1, -0.05) is 6.07 Å². The SMILES string of the molecule is O=C1CC(n2cc(-c3ccccn3)cn2)C1. The van der Waals surface area contributed by atoms with Crippen molar-refractivity contribution in [2.24, 2.45) is 0 Å². The second-order valence-electron chi connectivity index (χ2n) is 4.02. The van der Waals surface area contributed by atoms with Crippen LogP contribution in [0, 0.1) is 0 Å². The second kappa shape index (κ2) is 3.56. The van der Waals surface area contributed by atoms with E-state index in [1.807, 2.05) is 29.1 Å². The van der Waals surface area contributed by atoms with Gasteiger partial charge in [-0.2, -0.15) is 5.10 Å². The van der Waals surface area contributed by atoms with Crippen LogP contribution in [0.1, 0.15) is 18.9 Å². The Balaban J connectivity index is 1.86. The normalized spacial score (nSPS) is 16.1. The molecule has 1 aliphatic rings. The van der Waals surface area contributed by atoms with E-state index < -0.39 is 0 Å². The third-order valence-corrected chi connectivity index (χ3v) is 2.86. The van der Waals surface area contributed by atoms with Gasteiger partial charge in [-0.25, -0.2) is 0 Å². The predicted octanol–water partition coefficient (Wildman–Crippen LogP) is 1.85. The molecule has 1 aliphatic carbocycles. The van der Waals surface area contributed by atoms with Crippen LogP contribution in [0.4, 0.5) is 0 Å². The van der Waals surface area contributed by atoms with Crippen molar-refractivity contribution in [3.63, 3.8) is 0 Å². The summed E-state index contributed by atoms with van der Waals surface area (Å²) in [6.07, 6.45) is 6.75. The van der Waals surface area contributed by atoms with Gasteiger partial charge in [0.15, 0.2) is 0 Å². The molecule has 4 heteroatoms. The first-order valence-corrected chi connectivity index (χ1v) is 5.30. The lowest BCUT2D eigenvalue weighted by molar-refractivity contribution is -0.126. The van der Waals surface area contributed by atoms with Crippen molar-refractivity contribution in [3.05, 3.63) is 36.8 Å². The molecule has 0 amide bonds. The molecule has 4 nitrogen and oxygen atoms in total. The van der Waals surface area contributed by atoms with Gasteiger partial charge in [-0.15, -0.1) is 0 Å². The average molecular weight is 213 g/mol. The van der Waals surface area contributed by atoms with Crippen molar-refractivity contribution in [3.8, 4) is 11.3 Å². The second-order valence-corrected chi connectivity index (χ2v) is 4.02. The molecule has 1 saturated carbocycles. The van der Waals surface area contributed by atoms with Crippen LogP contribution >= 0.6 is 0 Å². The largest absolute Gasteiger partial charge is 0.300 e. The van der Waals surface area contributed by atoms with Crippen LogP contribution in [0.25, 0.3) is 11.3 Å². The maximum atomic E-state index is 10.9. The molecule has 80 valence electrons. The van der Waals surface area contributed by atoms with Crippen LogP contribution in [-0.4, -0.2) is 20.5 Å². The van der Waals surface area contributed by atoms with E-state index in [9.17, 15) is 4.79 Å². The van der Waals surface area contributed by atoms with Gasteiger partial charge in [0.05, 0.1) is 17.9 Å². The van der Waals surface area contributed by atoms with Crippen LogP contribution in [0.5, 0.6) is 0 Å². The Hall–Kier alpha value is -1.97. The molecule has 0 bridgehead atoms. The lowest BCUT2D eigenvalue weighted by atomic mass is 9.92. The highest BCUT2D eigenvalue weighted by molar-refractivity contribution is 5.85. The van der Waals surface area contributed by atoms with Gasteiger partial charge in [-0.05, 0) is 12.1 Å². The first-order valence-electron chi connectivity index (χ1n) is 5.30. The molecule has 0 radical (unpaired) electrons. The van der Waals surface area contributed by atoms with Crippen LogP contribution in [-0.2, 0) is 4.79 Å². The fourth-order valence-corrected chi connectivity index (χ4v) is 1.86. The molecule has 0 aliphatic heterocycles. The predicted molar refractivity (Wildman–Crippen MR) is 58.7 cm³/mol. The van der Waals surface area contributed by atoms with Crippen LogP contribution in [0.3, 0.4) is 0 Å². The topological polar surface area (TPSA) is 47.8 Å². The van der Waals surface area contributed by atoms with Gasteiger partial charge in [0.2, 0.25) is 0 Å². The molecule has 3 rings (SSSR count). The Bertz CT molecular complexity index is 510. The quantitative estimate of drug-likeness (QED) is 0.764. The van der Waals surface area contributed by atoms with Crippen LogP contribution < -0.4 is 0 Å². The third kappa shape index (κ3) is 1.52. The molecule has 2 heterocycles. The zero-order valence-corrected chi connectivity index (χ0v) is 8.71. The molecule has 0 unspecified atom stereocenters. The molecule has 0 N–H and O–H groups in total. The summed E-state index contributed by atoms with van der Waals surface area (Å²) < 4.78 is 1.87. The molecule has 2 aromatic rings. The van der Waals surface area contributed by atoms with Crippen molar-refractivity contribution < 1.29 is 4.79 Å². The van der Waals surface area contributed by atoms with Crippen molar-refractivity contribution >= 4 is 5.78 Å². The van der Waals surface area contributed by atoms with Gasteiger partial charge >= 0.3 is 0 Å². The minimum atomic E-state index is 0.255. The van der Waals surface area contributed by atoms with E-state index in [0.717, 1.165) is 11.3 Å². The Morgan fingerprint density at radius 2 is 2.19 bits per heavy atom. The van der Waals surface area contributed by atoms with Crippen molar-refractivity contribution in [2.45, 2.75) is 18.9 Å². The molecule has 1 fully saturated rings. The number of aromatic nitrogens is 3. The summed E-state index contributed by atoms with van der Waals surface area (Å²) in [4.78, 5) is 15.2. The lowest BCUT2D eigenvalue weighted by Gasteiger charge is -2.23. The number of carbonyl (C=O) groups is 1. The fourth-order valence-electron chi connectivity index (χ4n) is 1.86. The Morgan fingerprint density at radius 3 is 2.88 bits per heavy atom. The van der Waals surface area contributed by atoms with Crippen molar-refractivity contribution in [2.75, 3.05) is 0 Å². The average Bonchev–Trinajstić information content (AvgIpc) is 2.75. The van der Waals surface area contributed by atoms with E-state index in [-0.39, 0.29) is 6.04 Å². The van der Waals surface area contributed by atoms with E-state index in [2.05, 4.69) is 10.1 Å². The summed E-state index contributed by atoms with van der Waals surface area (Å²) >= 11 is 0. The Morgan fingerprint density at radius 1 is 1.31 bits per heavy atom. The minimum absolute atomic E-state index is 0.255. The number of nitrogens with zero attached hydrogens (tertiary/aromatic N) is 3. The maximum absolute atomic E-state index is 10.9. The molecule has 16 heavy (non-hydrogen) atoms.